The predicted octanol–water partition coefficient (Wildman–Crippen LogP) is 1.73. The number of ether oxygens (including phenoxy) is 1. The van der Waals surface area contributed by atoms with Gasteiger partial charge in [-0.1, -0.05) is 6.08 Å². The second-order valence-electron chi connectivity index (χ2n) is 6.51. The molecule has 1 aliphatic rings. The minimum absolute atomic E-state index is 0.00705. The number of nitro benzene ring substituents is 2. The molecule has 162 valence electrons. The zero-order valence-electron chi connectivity index (χ0n) is 16.1. The summed E-state index contributed by atoms with van der Waals surface area (Å²) in [6.07, 6.45) is 1.54. The van der Waals surface area contributed by atoms with Crippen molar-refractivity contribution in [2.45, 2.75) is 37.2 Å². The van der Waals surface area contributed by atoms with Crippen molar-refractivity contribution in [2.75, 3.05) is 13.6 Å². The molecule has 0 saturated carbocycles. The highest BCUT2D eigenvalue weighted by molar-refractivity contribution is 7.89. The minimum atomic E-state index is -4.36. The Morgan fingerprint density at radius 1 is 1.27 bits per heavy atom. The van der Waals surface area contributed by atoms with E-state index in [2.05, 4.69) is 0 Å². The lowest BCUT2D eigenvalue weighted by atomic mass is 9.93. The quantitative estimate of drug-likeness (QED) is 0.331. The number of esters is 1. The van der Waals surface area contributed by atoms with E-state index in [1.54, 1.807) is 6.08 Å². The highest BCUT2D eigenvalue weighted by Crippen LogP contribution is 2.30. The van der Waals surface area contributed by atoms with E-state index in [1.165, 1.54) is 14.0 Å². The molecule has 0 aromatic heterocycles. The molecule has 0 saturated heterocycles. The number of hydrogen-bond acceptors (Lipinski definition) is 9. The van der Waals surface area contributed by atoms with Gasteiger partial charge in [-0.3, -0.25) is 29.8 Å². The van der Waals surface area contributed by atoms with Gasteiger partial charge in [-0.05, 0) is 30.9 Å². The van der Waals surface area contributed by atoms with Gasteiger partial charge in [0.1, 0.15) is 0 Å². The first-order valence-electron chi connectivity index (χ1n) is 8.74. The number of allylic oxidation sites excluding steroid dienone is 1. The van der Waals surface area contributed by atoms with Gasteiger partial charge in [0.2, 0.25) is 10.0 Å². The number of hydrogen-bond donors (Lipinski definition) is 0. The lowest BCUT2D eigenvalue weighted by Crippen LogP contribution is -2.33. The van der Waals surface area contributed by atoms with Crippen molar-refractivity contribution < 1.29 is 32.6 Å². The number of benzene rings is 1. The molecule has 0 spiro atoms. The Kier molecular flexibility index (Phi) is 7.00. The molecular formula is C17H19N3O9S. The Bertz CT molecular complexity index is 1030. The van der Waals surface area contributed by atoms with Crippen LogP contribution >= 0.6 is 0 Å². The van der Waals surface area contributed by atoms with Crippen LogP contribution in [0, 0.1) is 20.2 Å². The third kappa shape index (κ3) is 5.04. The topological polar surface area (TPSA) is 167 Å². The van der Waals surface area contributed by atoms with Gasteiger partial charge in [-0.25, -0.2) is 12.7 Å². The van der Waals surface area contributed by atoms with E-state index >= 15 is 0 Å². The van der Waals surface area contributed by atoms with Gasteiger partial charge in [0, 0.05) is 26.6 Å². The first-order chi connectivity index (χ1) is 13.9. The smallest absolute Gasteiger partial charge is 0.303 e. The second-order valence-corrected chi connectivity index (χ2v) is 8.53. The van der Waals surface area contributed by atoms with Crippen molar-refractivity contribution in [1.82, 2.24) is 4.31 Å². The fourth-order valence-electron chi connectivity index (χ4n) is 2.93. The summed E-state index contributed by atoms with van der Waals surface area (Å²) in [7, 11) is -3.18. The van der Waals surface area contributed by atoms with Crippen molar-refractivity contribution in [3.63, 3.8) is 0 Å². The number of ketones is 1. The molecule has 0 aliphatic heterocycles. The highest BCUT2D eigenvalue weighted by Gasteiger charge is 2.33. The second kappa shape index (κ2) is 9.09. The maximum atomic E-state index is 12.8. The van der Waals surface area contributed by atoms with Gasteiger partial charge >= 0.3 is 5.97 Å². The lowest BCUT2D eigenvalue weighted by Gasteiger charge is -2.23. The number of carbonyl (C=O) groups excluding carboxylic acids is 2. The average Bonchev–Trinajstić information content (AvgIpc) is 2.67. The Morgan fingerprint density at radius 3 is 2.50 bits per heavy atom. The molecule has 1 atom stereocenters. The van der Waals surface area contributed by atoms with E-state index in [0.29, 0.717) is 24.5 Å². The van der Waals surface area contributed by atoms with Crippen LogP contribution in [0.1, 0.15) is 26.2 Å². The van der Waals surface area contributed by atoms with Crippen LogP contribution in [0.15, 0.2) is 34.7 Å². The van der Waals surface area contributed by atoms with Gasteiger partial charge in [-0.15, -0.1) is 0 Å². The van der Waals surface area contributed by atoms with Crippen LogP contribution in [0.5, 0.6) is 0 Å². The zero-order valence-corrected chi connectivity index (χ0v) is 17.0. The van der Waals surface area contributed by atoms with Gasteiger partial charge in [0.05, 0.1) is 15.9 Å². The molecule has 0 radical (unpaired) electrons. The number of carbonyl (C=O) groups is 2. The first kappa shape index (κ1) is 23.1. The van der Waals surface area contributed by atoms with E-state index in [0.717, 1.165) is 16.4 Å². The molecule has 0 bridgehead atoms. The van der Waals surface area contributed by atoms with Gasteiger partial charge in [-0.2, -0.15) is 0 Å². The van der Waals surface area contributed by atoms with Crippen molar-refractivity contribution in [3.8, 4) is 0 Å². The molecule has 0 heterocycles. The maximum absolute atomic E-state index is 12.8. The summed E-state index contributed by atoms with van der Waals surface area (Å²) in [6, 6.07) is 2.26. The first-order valence-corrected chi connectivity index (χ1v) is 10.2. The summed E-state index contributed by atoms with van der Waals surface area (Å²) in [6.45, 7) is 1.00. The molecule has 1 aromatic rings. The van der Waals surface area contributed by atoms with Crippen LogP contribution in [0.3, 0.4) is 0 Å². The number of Topliss-reactive ketones (excluding diaryl/α,β-unsaturated/α-hetero) is 1. The van der Waals surface area contributed by atoms with Crippen LogP contribution < -0.4 is 0 Å². The maximum Gasteiger partial charge on any atom is 0.303 e. The zero-order chi connectivity index (χ0) is 22.6. The van der Waals surface area contributed by atoms with Crippen molar-refractivity contribution in [3.05, 3.63) is 50.1 Å². The Labute approximate surface area is 171 Å². The molecule has 0 amide bonds. The molecule has 1 aliphatic carbocycles. The van der Waals surface area contributed by atoms with Gasteiger partial charge in [0.25, 0.3) is 11.4 Å². The van der Waals surface area contributed by atoms with Gasteiger partial charge < -0.3 is 4.74 Å². The molecule has 30 heavy (non-hydrogen) atoms. The molecule has 1 unspecified atom stereocenters. The number of rotatable bonds is 8. The lowest BCUT2D eigenvalue weighted by molar-refractivity contribution is -0.396. The van der Waals surface area contributed by atoms with Crippen LogP contribution in [-0.2, 0) is 24.3 Å². The van der Waals surface area contributed by atoms with Crippen LogP contribution in [0.25, 0.3) is 0 Å². The summed E-state index contributed by atoms with van der Waals surface area (Å²) in [5, 5.41) is 22.1. The summed E-state index contributed by atoms with van der Waals surface area (Å²) in [4.78, 5) is 43.0. The summed E-state index contributed by atoms with van der Waals surface area (Å²) < 4.78 is 31.3. The molecule has 0 N–H and O–H groups in total. The van der Waals surface area contributed by atoms with Crippen molar-refractivity contribution in [1.29, 1.82) is 0 Å². The largest absolute Gasteiger partial charge is 0.454 e. The number of nitro groups is 2. The van der Waals surface area contributed by atoms with E-state index in [1.807, 2.05) is 0 Å². The van der Waals surface area contributed by atoms with E-state index in [9.17, 15) is 38.2 Å². The molecule has 0 fully saturated rings. The van der Waals surface area contributed by atoms with Crippen LogP contribution in [0.4, 0.5) is 11.4 Å². The normalized spacial score (nSPS) is 16.8. The van der Waals surface area contributed by atoms with Crippen molar-refractivity contribution >= 4 is 33.2 Å². The molecule has 2 rings (SSSR count). The number of non-ortho nitro benzene ring substituents is 1. The standard InChI is InChI=1S/C17H19N3O9S/c1-11(21)29-15-5-3-4-12(17(15)22)8-9-18(2)30(27,28)16-7-6-13(19(23)24)10-14(16)20(25)26/h4,6-7,10,15H,3,5,8-9H2,1-2H3. The Balaban J connectivity index is 2.21. The number of sulfonamides is 1. The third-order valence-corrected chi connectivity index (χ3v) is 6.38. The molecular weight excluding hydrogens is 422 g/mol. The van der Waals surface area contributed by atoms with Crippen LogP contribution in [-0.4, -0.2) is 54.0 Å². The van der Waals surface area contributed by atoms with Crippen LogP contribution in [0.2, 0.25) is 0 Å². The summed E-state index contributed by atoms with van der Waals surface area (Å²) in [5.74, 6) is -1.01. The Hall–Kier alpha value is -3.19. The summed E-state index contributed by atoms with van der Waals surface area (Å²) >= 11 is 0. The predicted molar refractivity (Wildman–Crippen MR) is 102 cm³/mol. The van der Waals surface area contributed by atoms with E-state index in [4.69, 9.17) is 4.74 Å². The summed E-state index contributed by atoms with van der Waals surface area (Å²) in [5.41, 5.74) is -1.23. The highest BCUT2D eigenvalue weighted by atomic mass is 32.2. The molecule has 13 heteroatoms. The fourth-order valence-corrected chi connectivity index (χ4v) is 4.24. The number of nitrogens with zero attached hydrogens (tertiary/aromatic N) is 3. The molecule has 12 nitrogen and oxygen atoms in total. The van der Waals surface area contributed by atoms with Crippen molar-refractivity contribution in [2.24, 2.45) is 0 Å². The minimum Gasteiger partial charge on any atom is -0.454 e. The van der Waals surface area contributed by atoms with E-state index in [-0.39, 0.29) is 13.0 Å². The molecule has 1 aromatic carbocycles. The average molecular weight is 441 g/mol. The monoisotopic (exact) mass is 441 g/mol. The fraction of sp³-hybridized carbons (Fsp3) is 0.412. The Morgan fingerprint density at radius 2 is 1.93 bits per heavy atom. The third-order valence-electron chi connectivity index (χ3n) is 4.47. The SMILES string of the molecule is CC(=O)OC1CCC=C(CCN(C)S(=O)(=O)c2ccc([N+](=O)[O-])cc2[N+](=O)[O-])C1=O. The van der Waals surface area contributed by atoms with E-state index < -0.39 is 54.0 Å². The van der Waals surface area contributed by atoms with Gasteiger partial charge in [0.15, 0.2) is 16.8 Å².